The average molecular weight is 345 g/mol. The largest absolute Gasteiger partial charge is 0.480 e. The number of ether oxygens (including phenoxy) is 1. The topological polar surface area (TPSA) is 75.6 Å². The van der Waals surface area contributed by atoms with E-state index in [1.807, 2.05) is 6.07 Å². The summed E-state index contributed by atoms with van der Waals surface area (Å²) in [4.78, 5) is 23.4. The monoisotopic (exact) mass is 345 g/mol. The van der Waals surface area contributed by atoms with Crippen molar-refractivity contribution in [3.63, 3.8) is 0 Å². The number of carboxylic acids is 1. The standard InChI is InChI=1S/C20H27NO4/c1-2-12-25-14-18(20(23)24)21-19(22)13-15-8-10-17(11-9-15)16-6-4-3-5-7-16/h2-7,15,17-18H,1,8-14H2,(H,21,22)(H,23,24). The van der Waals surface area contributed by atoms with Gasteiger partial charge in [-0.05, 0) is 43.1 Å². The summed E-state index contributed by atoms with van der Waals surface area (Å²) in [5, 5.41) is 11.7. The Morgan fingerprint density at radius 3 is 2.52 bits per heavy atom. The molecule has 1 saturated carbocycles. The molecule has 1 atom stereocenters. The second-order valence-corrected chi connectivity index (χ2v) is 6.62. The molecule has 0 radical (unpaired) electrons. The first-order valence-corrected chi connectivity index (χ1v) is 8.86. The fourth-order valence-corrected chi connectivity index (χ4v) is 3.38. The van der Waals surface area contributed by atoms with E-state index >= 15 is 0 Å². The second-order valence-electron chi connectivity index (χ2n) is 6.62. The Balaban J connectivity index is 1.75. The highest BCUT2D eigenvalue weighted by Gasteiger charge is 2.26. The van der Waals surface area contributed by atoms with Gasteiger partial charge >= 0.3 is 5.97 Å². The van der Waals surface area contributed by atoms with Crippen LogP contribution in [-0.2, 0) is 14.3 Å². The average Bonchev–Trinajstić information content (AvgIpc) is 2.62. The number of carbonyl (C=O) groups excluding carboxylic acids is 1. The van der Waals surface area contributed by atoms with Gasteiger partial charge in [-0.2, -0.15) is 0 Å². The van der Waals surface area contributed by atoms with Gasteiger partial charge in [0.1, 0.15) is 0 Å². The third kappa shape index (κ3) is 6.35. The number of carbonyl (C=O) groups is 2. The number of aliphatic carboxylic acids is 1. The van der Waals surface area contributed by atoms with Crippen molar-refractivity contribution in [2.24, 2.45) is 5.92 Å². The highest BCUT2D eigenvalue weighted by Crippen LogP contribution is 2.36. The van der Waals surface area contributed by atoms with Crippen molar-refractivity contribution in [1.82, 2.24) is 5.32 Å². The molecule has 5 nitrogen and oxygen atoms in total. The van der Waals surface area contributed by atoms with Crippen molar-refractivity contribution >= 4 is 11.9 Å². The van der Waals surface area contributed by atoms with Crippen molar-refractivity contribution in [3.05, 3.63) is 48.6 Å². The summed E-state index contributed by atoms with van der Waals surface area (Å²) in [5.41, 5.74) is 1.37. The maximum atomic E-state index is 12.2. The lowest BCUT2D eigenvalue weighted by Gasteiger charge is -2.28. The minimum atomic E-state index is -1.08. The summed E-state index contributed by atoms with van der Waals surface area (Å²) in [5.74, 6) is -0.397. The highest BCUT2D eigenvalue weighted by atomic mass is 16.5. The van der Waals surface area contributed by atoms with Gasteiger partial charge in [0.05, 0.1) is 13.2 Å². The van der Waals surface area contributed by atoms with Crippen LogP contribution in [0.4, 0.5) is 0 Å². The van der Waals surface area contributed by atoms with Crippen molar-refractivity contribution in [3.8, 4) is 0 Å². The maximum absolute atomic E-state index is 12.2. The van der Waals surface area contributed by atoms with Gasteiger partial charge < -0.3 is 15.2 Å². The molecule has 1 aromatic rings. The molecule has 1 fully saturated rings. The molecule has 2 N–H and O–H groups in total. The number of rotatable bonds is 9. The van der Waals surface area contributed by atoms with Crippen LogP contribution in [-0.4, -0.2) is 36.2 Å². The van der Waals surface area contributed by atoms with E-state index in [1.54, 1.807) is 6.08 Å². The van der Waals surface area contributed by atoms with E-state index < -0.39 is 12.0 Å². The Kier molecular flexibility index (Phi) is 7.67. The number of hydrogen-bond acceptors (Lipinski definition) is 3. The summed E-state index contributed by atoms with van der Waals surface area (Å²) < 4.78 is 5.15. The number of amides is 1. The lowest BCUT2D eigenvalue weighted by Crippen LogP contribution is -2.44. The molecule has 0 spiro atoms. The first-order valence-electron chi connectivity index (χ1n) is 8.86. The zero-order chi connectivity index (χ0) is 18.1. The molecule has 0 aromatic heterocycles. The van der Waals surface area contributed by atoms with Crippen LogP contribution in [0.2, 0.25) is 0 Å². The third-order valence-electron chi connectivity index (χ3n) is 4.75. The Morgan fingerprint density at radius 2 is 1.92 bits per heavy atom. The molecule has 25 heavy (non-hydrogen) atoms. The molecule has 0 saturated heterocycles. The number of nitrogens with one attached hydrogen (secondary N) is 1. The van der Waals surface area contributed by atoms with Crippen molar-refractivity contribution in [1.29, 1.82) is 0 Å². The van der Waals surface area contributed by atoms with Gasteiger partial charge in [0.25, 0.3) is 0 Å². The van der Waals surface area contributed by atoms with Gasteiger partial charge in [0.15, 0.2) is 6.04 Å². The van der Waals surface area contributed by atoms with Gasteiger partial charge in [-0.1, -0.05) is 36.4 Å². The molecule has 1 amide bonds. The fourth-order valence-electron chi connectivity index (χ4n) is 3.38. The molecule has 1 aliphatic carbocycles. The Labute approximate surface area is 149 Å². The number of benzene rings is 1. The molecular weight excluding hydrogens is 318 g/mol. The van der Waals surface area contributed by atoms with E-state index in [0.717, 1.165) is 25.7 Å². The van der Waals surface area contributed by atoms with Crippen molar-refractivity contribution < 1.29 is 19.4 Å². The van der Waals surface area contributed by atoms with Crippen LogP contribution < -0.4 is 5.32 Å². The van der Waals surface area contributed by atoms with Crippen LogP contribution in [0, 0.1) is 5.92 Å². The smallest absolute Gasteiger partial charge is 0.328 e. The highest BCUT2D eigenvalue weighted by molar-refractivity contribution is 5.83. The van der Waals surface area contributed by atoms with Crippen LogP contribution in [0.3, 0.4) is 0 Å². The minimum absolute atomic E-state index is 0.0478. The van der Waals surface area contributed by atoms with Crippen molar-refractivity contribution in [2.75, 3.05) is 13.2 Å². The maximum Gasteiger partial charge on any atom is 0.328 e. The molecule has 0 aliphatic heterocycles. The second kappa shape index (κ2) is 9.99. The van der Waals surface area contributed by atoms with Crippen LogP contribution in [0.1, 0.15) is 43.6 Å². The minimum Gasteiger partial charge on any atom is -0.480 e. The molecule has 136 valence electrons. The number of carboxylic acid groups (broad SMARTS) is 1. The van der Waals surface area contributed by atoms with Gasteiger partial charge in [0.2, 0.25) is 5.91 Å². The first kappa shape index (κ1) is 19.2. The van der Waals surface area contributed by atoms with E-state index in [9.17, 15) is 9.59 Å². The molecule has 1 aliphatic rings. The third-order valence-corrected chi connectivity index (χ3v) is 4.75. The quantitative estimate of drug-likeness (QED) is 0.533. The van der Waals surface area contributed by atoms with E-state index in [0.29, 0.717) is 18.3 Å². The Bertz CT molecular complexity index is 564. The van der Waals surface area contributed by atoms with Crippen LogP contribution >= 0.6 is 0 Å². The SMILES string of the molecule is C=CCOCC(NC(=O)CC1CCC(c2ccccc2)CC1)C(=O)O. The van der Waals surface area contributed by atoms with Gasteiger partial charge in [-0.3, -0.25) is 4.79 Å². The molecule has 1 unspecified atom stereocenters. The Morgan fingerprint density at radius 1 is 1.24 bits per heavy atom. The van der Waals surface area contributed by atoms with Crippen LogP contribution in [0.5, 0.6) is 0 Å². The zero-order valence-corrected chi connectivity index (χ0v) is 14.5. The van der Waals surface area contributed by atoms with E-state index in [1.165, 1.54) is 5.56 Å². The predicted octanol–water partition coefficient (Wildman–Crippen LogP) is 3.12. The zero-order valence-electron chi connectivity index (χ0n) is 14.5. The Hall–Kier alpha value is -2.14. The summed E-state index contributed by atoms with van der Waals surface area (Å²) in [6.45, 7) is 3.73. The normalized spacial score (nSPS) is 21.3. The molecule has 0 bridgehead atoms. The first-order chi connectivity index (χ1) is 12.1. The van der Waals surface area contributed by atoms with Gasteiger partial charge in [-0.25, -0.2) is 4.79 Å². The van der Waals surface area contributed by atoms with Crippen molar-refractivity contribution in [2.45, 2.75) is 44.1 Å². The van der Waals surface area contributed by atoms with E-state index in [2.05, 4.69) is 36.2 Å². The lowest BCUT2D eigenvalue weighted by atomic mass is 9.77. The molecule has 1 aromatic carbocycles. The van der Waals surface area contributed by atoms with E-state index in [-0.39, 0.29) is 19.1 Å². The van der Waals surface area contributed by atoms with Gasteiger partial charge in [0, 0.05) is 6.42 Å². The fraction of sp³-hybridized carbons (Fsp3) is 0.500. The van der Waals surface area contributed by atoms with Gasteiger partial charge in [-0.15, -0.1) is 6.58 Å². The lowest BCUT2D eigenvalue weighted by molar-refractivity contribution is -0.143. The van der Waals surface area contributed by atoms with E-state index in [4.69, 9.17) is 9.84 Å². The predicted molar refractivity (Wildman–Crippen MR) is 96.3 cm³/mol. The van der Waals surface area contributed by atoms with Crippen LogP contribution in [0.15, 0.2) is 43.0 Å². The molecule has 5 heteroatoms. The summed E-state index contributed by atoms with van der Waals surface area (Å²) in [6.07, 6.45) is 6.08. The summed E-state index contributed by atoms with van der Waals surface area (Å²) in [7, 11) is 0. The van der Waals surface area contributed by atoms with Crippen LogP contribution in [0.25, 0.3) is 0 Å². The molecular formula is C20H27NO4. The number of hydrogen-bond donors (Lipinski definition) is 2. The summed E-state index contributed by atoms with van der Waals surface area (Å²) in [6, 6.07) is 9.48. The summed E-state index contributed by atoms with van der Waals surface area (Å²) >= 11 is 0. The molecule has 2 rings (SSSR count). The molecule has 0 heterocycles.